The third-order valence-electron chi connectivity index (χ3n) is 3.77. The van der Waals surface area contributed by atoms with Crippen LogP contribution in [0.2, 0.25) is 0 Å². The average molecular weight is 356 g/mol. The fraction of sp³-hybridized carbons (Fsp3) is 0.571. The molecule has 1 unspecified atom stereocenters. The first-order chi connectivity index (χ1) is 8.40. The summed E-state index contributed by atoms with van der Waals surface area (Å²) in [5.41, 5.74) is 1.15. The van der Waals surface area contributed by atoms with Gasteiger partial charge < -0.3 is 9.64 Å². The van der Waals surface area contributed by atoms with E-state index < -0.39 is 0 Å². The summed E-state index contributed by atoms with van der Waals surface area (Å²) in [5.74, 6) is 0.489. The first kappa shape index (κ1) is 14.2. The molecule has 1 radical (unpaired) electrons. The molecular weight excluding hydrogens is 336 g/mol. The molecule has 1 aromatic heterocycles. The lowest BCUT2D eigenvalue weighted by Gasteiger charge is -2.30. The van der Waals surface area contributed by atoms with E-state index in [1.165, 1.54) is 16.0 Å². The predicted octanol–water partition coefficient (Wildman–Crippen LogP) is 2.18. The van der Waals surface area contributed by atoms with Gasteiger partial charge in [0.05, 0.1) is 0 Å². The monoisotopic (exact) mass is 356 g/mol. The molecule has 0 amide bonds. The van der Waals surface area contributed by atoms with E-state index in [-0.39, 0.29) is 5.60 Å². The van der Waals surface area contributed by atoms with Gasteiger partial charge in [-0.25, -0.2) is 0 Å². The molecule has 18 heavy (non-hydrogen) atoms. The van der Waals surface area contributed by atoms with Crippen molar-refractivity contribution in [2.75, 3.05) is 0 Å². The van der Waals surface area contributed by atoms with Crippen molar-refractivity contribution in [3.63, 3.8) is 0 Å². The van der Waals surface area contributed by atoms with Crippen LogP contribution in [0.5, 0.6) is 0 Å². The van der Waals surface area contributed by atoms with Gasteiger partial charge in [0.15, 0.2) is 0 Å². The lowest BCUT2D eigenvalue weighted by molar-refractivity contribution is 0.0668. The molecule has 97 valence electrons. The van der Waals surface area contributed by atoms with Crippen LogP contribution >= 0.6 is 22.6 Å². The first-order valence-electron chi connectivity index (χ1n) is 6.43. The minimum absolute atomic E-state index is 0.123. The van der Waals surface area contributed by atoms with E-state index in [1.807, 2.05) is 13.7 Å². The number of rotatable bonds is 4. The van der Waals surface area contributed by atoms with Gasteiger partial charge in [-0.1, -0.05) is 48.0 Å². The molecule has 2 nitrogen and oxygen atoms in total. The maximum absolute atomic E-state index is 6.01. The Balaban J connectivity index is 2.21. The highest BCUT2D eigenvalue weighted by atomic mass is 127. The quantitative estimate of drug-likeness (QED) is 0.500. The van der Waals surface area contributed by atoms with E-state index in [1.54, 1.807) is 0 Å². The molecule has 1 heterocycles. The average Bonchev–Trinajstić information content (AvgIpc) is 2.73. The number of nitrogens with one attached hydrogen (secondary N) is 1. The first-order valence-corrected chi connectivity index (χ1v) is 7.68. The number of hydrogen-bond acceptors (Lipinski definition) is 1. The van der Waals surface area contributed by atoms with E-state index in [2.05, 4.69) is 67.4 Å². The molecule has 1 aromatic rings. The molecule has 1 atom stereocenters. The second-order valence-corrected chi connectivity index (χ2v) is 7.31. The molecular formula is C14H20BINO. The van der Waals surface area contributed by atoms with Gasteiger partial charge >= 0.3 is 7.48 Å². The third kappa shape index (κ3) is 3.02. The smallest absolute Gasteiger partial charge is 0.328 e. The Morgan fingerprint density at radius 1 is 1.50 bits per heavy atom. The molecule has 0 aromatic carbocycles. The summed E-state index contributed by atoms with van der Waals surface area (Å²) in [4.78, 5) is 3.31. The molecule has 0 saturated carbocycles. The number of aromatic amines is 1. The van der Waals surface area contributed by atoms with Crippen molar-refractivity contribution in [3.8, 4) is 0 Å². The number of H-pyrrole nitrogens is 1. The second kappa shape index (κ2) is 5.41. The largest absolute Gasteiger partial charge is 0.430 e. The Morgan fingerprint density at radius 3 is 2.89 bits per heavy atom. The van der Waals surface area contributed by atoms with Gasteiger partial charge in [0.2, 0.25) is 0 Å². The van der Waals surface area contributed by atoms with Crippen LogP contribution in [0.3, 0.4) is 0 Å². The van der Waals surface area contributed by atoms with Crippen LogP contribution in [0.15, 0.2) is 12.3 Å². The highest BCUT2D eigenvalue weighted by Crippen LogP contribution is 2.22. The Labute approximate surface area is 123 Å². The van der Waals surface area contributed by atoms with Gasteiger partial charge in [-0.15, -0.1) is 0 Å². The zero-order chi connectivity index (χ0) is 13.3. The summed E-state index contributed by atoms with van der Waals surface area (Å²) in [6.45, 7) is 8.66. The van der Waals surface area contributed by atoms with E-state index in [9.17, 15) is 0 Å². The van der Waals surface area contributed by atoms with Gasteiger partial charge in [-0.2, -0.15) is 0 Å². The highest BCUT2D eigenvalue weighted by Gasteiger charge is 2.24. The second-order valence-electron chi connectivity index (χ2n) is 5.71. The third-order valence-corrected chi connectivity index (χ3v) is 4.57. The molecule has 1 aliphatic rings. The van der Waals surface area contributed by atoms with Crippen LogP contribution in [0, 0.1) is 5.92 Å². The number of halogens is 1. The number of alkyl halides is 1. The van der Waals surface area contributed by atoms with Gasteiger partial charge in [-0.3, -0.25) is 0 Å². The van der Waals surface area contributed by atoms with Crippen LogP contribution in [-0.2, 0) is 4.65 Å². The van der Waals surface area contributed by atoms with Crippen LogP contribution in [0.4, 0.5) is 0 Å². The van der Waals surface area contributed by atoms with Gasteiger partial charge in [-0.05, 0) is 37.5 Å². The summed E-state index contributed by atoms with van der Waals surface area (Å²) in [5, 5.41) is 2.50. The fourth-order valence-corrected chi connectivity index (χ4v) is 2.69. The summed E-state index contributed by atoms with van der Waals surface area (Å²) >= 11 is 2.47. The van der Waals surface area contributed by atoms with Gasteiger partial charge in [0, 0.05) is 21.1 Å². The van der Waals surface area contributed by atoms with Crippen LogP contribution in [-0.4, -0.2) is 22.0 Å². The predicted molar refractivity (Wildman–Crippen MR) is 86.1 cm³/mol. The fourth-order valence-electron chi connectivity index (χ4n) is 1.83. The van der Waals surface area contributed by atoms with Gasteiger partial charge in [0.25, 0.3) is 0 Å². The molecule has 0 aliphatic heterocycles. The van der Waals surface area contributed by atoms with Gasteiger partial charge in [0.1, 0.15) is 0 Å². The van der Waals surface area contributed by atoms with Crippen molar-refractivity contribution in [3.05, 3.63) is 22.8 Å². The molecule has 0 saturated heterocycles. The topological polar surface area (TPSA) is 25.0 Å². The van der Waals surface area contributed by atoms with Crippen LogP contribution in [0.1, 0.15) is 34.1 Å². The number of fused-ring (bicyclic) bond motifs is 1. The van der Waals surface area contributed by atoms with Crippen LogP contribution < -0.4 is 10.6 Å². The lowest BCUT2D eigenvalue weighted by Crippen LogP contribution is -2.37. The standard InChI is InChI=1S/C14H20BINO/c1-9(2)14(3,4)18-15-12-8-11(16)7-10-5-6-17-13(10)12/h5-7,9,11,17H,8H2,1-4H3. The van der Waals surface area contributed by atoms with Crippen molar-refractivity contribution in [2.45, 2.75) is 43.6 Å². The molecule has 0 bridgehead atoms. The van der Waals surface area contributed by atoms with E-state index in [0.717, 1.165) is 6.42 Å². The summed E-state index contributed by atoms with van der Waals surface area (Å²) in [6.07, 6.45) is 5.33. The zero-order valence-corrected chi connectivity index (χ0v) is 13.6. The minimum Gasteiger partial charge on any atom is -0.430 e. The summed E-state index contributed by atoms with van der Waals surface area (Å²) in [7, 11) is 1.95. The van der Waals surface area contributed by atoms with Crippen molar-refractivity contribution in [1.29, 1.82) is 0 Å². The van der Waals surface area contributed by atoms with Crippen molar-refractivity contribution >= 4 is 41.6 Å². The molecule has 0 spiro atoms. The summed E-state index contributed by atoms with van der Waals surface area (Å²) < 4.78 is 6.55. The Bertz CT molecular complexity index is 532. The minimum atomic E-state index is -0.123. The van der Waals surface area contributed by atoms with Crippen molar-refractivity contribution in [2.24, 2.45) is 5.92 Å². The van der Waals surface area contributed by atoms with E-state index >= 15 is 0 Å². The Morgan fingerprint density at radius 2 is 2.22 bits per heavy atom. The maximum atomic E-state index is 6.01. The SMILES string of the molecule is CC(C)C(C)(C)O[B]C1=c2[nH]ccc2=CC(I)C1. The van der Waals surface area contributed by atoms with Crippen LogP contribution in [0.25, 0.3) is 11.5 Å². The molecule has 1 N–H and O–H groups in total. The molecule has 1 aliphatic carbocycles. The highest BCUT2D eigenvalue weighted by molar-refractivity contribution is 14.1. The maximum Gasteiger partial charge on any atom is 0.328 e. The Kier molecular flexibility index (Phi) is 4.27. The van der Waals surface area contributed by atoms with Crippen molar-refractivity contribution < 1.29 is 4.65 Å². The molecule has 2 rings (SSSR count). The summed E-state index contributed by atoms with van der Waals surface area (Å²) in [6, 6.07) is 2.13. The van der Waals surface area contributed by atoms with E-state index in [4.69, 9.17) is 4.65 Å². The van der Waals surface area contributed by atoms with E-state index in [0.29, 0.717) is 9.84 Å². The lowest BCUT2D eigenvalue weighted by atomic mass is 9.79. The molecule has 0 fully saturated rings. The number of aromatic nitrogens is 1. The number of hydrogen-bond donors (Lipinski definition) is 1. The zero-order valence-electron chi connectivity index (χ0n) is 11.5. The van der Waals surface area contributed by atoms with Crippen molar-refractivity contribution in [1.82, 2.24) is 4.98 Å². The normalized spacial score (nSPS) is 19.7. The Hall–Kier alpha value is -0.225. The molecule has 4 heteroatoms.